The second-order valence-corrected chi connectivity index (χ2v) is 8.59. The highest BCUT2D eigenvalue weighted by Crippen LogP contribution is 2.29. The van der Waals surface area contributed by atoms with E-state index >= 15 is 0 Å². The summed E-state index contributed by atoms with van der Waals surface area (Å²) in [5.74, 6) is -2.83. The molecule has 0 radical (unpaired) electrons. The highest BCUT2D eigenvalue weighted by Gasteiger charge is 2.32. The molecule has 0 fully saturated rings. The number of pyridine rings is 1. The fourth-order valence-corrected chi connectivity index (χ4v) is 3.24. The normalized spacial score (nSPS) is 12.1. The van der Waals surface area contributed by atoms with Crippen molar-refractivity contribution in [2.24, 2.45) is 0 Å². The van der Waals surface area contributed by atoms with E-state index in [4.69, 9.17) is 0 Å². The third-order valence-corrected chi connectivity index (χ3v) is 4.65. The maximum atomic E-state index is 14.0. The molecule has 0 saturated carbocycles. The molecule has 0 unspecified atom stereocenters. The Morgan fingerprint density at radius 1 is 1.15 bits per heavy atom. The number of hydrogen-bond acceptors (Lipinski definition) is 5. The van der Waals surface area contributed by atoms with Crippen molar-refractivity contribution in [2.75, 3.05) is 29.4 Å². The van der Waals surface area contributed by atoms with Gasteiger partial charge in [-0.2, -0.15) is 13.2 Å². The van der Waals surface area contributed by atoms with Crippen LogP contribution in [-0.2, 0) is 27.4 Å². The summed E-state index contributed by atoms with van der Waals surface area (Å²) < 4.78 is 90.5. The molecule has 33 heavy (non-hydrogen) atoms. The van der Waals surface area contributed by atoms with Gasteiger partial charge in [0.05, 0.1) is 6.26 Å². The van der Waals surface area contributed by atoms with Crippen LogP contribution in [0.5, 0.6) is 0 Å². The van der Waals surface area contributed by atoms with Crippen LogP contribution in [0, 0.1) is 11.6 Å². The minimum Gasteiger partial charge on any atom is -0.370 e. The van der Waals surface area contributed by atoms with Crippen molar-refractivity contribution >= 4 is 33.5 Å². The van der Waals surface area contributed by atoms with E-state index in [1.807, 2.05) is 0 Å². The molecule has 1 amide bonds. The minimum absolute atomic E-state index is 0.00770. The Morgan fingerprint density at radius 2 is 1.79 bits per heavy atom. The molecule has 0 saturated heterocycles. The van der Waals surface area contributed by atoms with Crippen molar-refractivity contribution in [1.29, 1.82) is 0 Å². The molecule has 0 aliphatic carbocycles. The smallest absolute Gasteiger partial charge is 0.370 e. The van der Waals surface area contributed by atoms with Gasteiger partial charge in [0, 0.05) is 24.7 Å². The van der Waals surface area contributed by atoms with Crippen LogP contribution in [-0.4, -0.2) is 38.7 Å². The van der Waals surface area contributed by atoms with Crippen molar-refractivity contribution in [3.8, 4) is 0 Å². The summed E-state index contributed by atoms with van der Waals surface area (Å²) in [4.78, 5) is 15.5. The Morgan fingerprint density at radius 3 is 2.33 bits per heavy atom. The maximum Gasteiger partial charge on any atom is 0.433 e. The number of rotatable bonds is 9. The Labute approximate surface area is 187 Å². The lowest BCUT2D eigenvalue weighted by Crippen LogP contribution is -2.23. The summed E-state index contributed by atoms with van der Waals surface area (Å²) in [5.41, 5.74) is -1.43. The second kappa shape index (κ2) is 10.6. The molecule has 0 atom stereocenters. The Kier molecular flexibility index (Phi) is 8.36. The standard InChI is InChI=1S/C20H21F5N4O3S/c1-3-26-19-13(4-6-16(28-19)20(23,24)25)5-7-17(30)27-9-8-12-10-14(21)18(15(22)11-12)29-33(2,31)32/h4-7,10-11,29H,3,8-9H2,1-2H3,(H,26,28)(H,27,30). The molecular formula is C20H21F5N4O3S. The number of amides is 1. The highest BCUT2D eigenvalue weighted by molar-refractivity contribution is 7.92. The van der Waals surface area contributed by atoms with E-state index in [1.165, 1.54) is 12.1 Å². The van der Waals surface area contributed by atoms with E-state index in [0.29, 0.717) is 6.54 Å². The van der Waals surface area contributed by atoms with Crippen LogP contribution in [0.15, 0.2) is 30.3 Å². The number of sulfonamides is 1. The third kappa shape index (κ3) is 8.00. The number of anilines is 2. The Balaban J connectivity index is 2.01. The lowest BCUT2D eigenvalue weighted by atomic mass is 10.1. The summed E-state index contributed by atoms with van der Waals surface area (Å²) in [5, 5.41) is 5.18. The molecule has 1 aromatic carbocycles. The number of nitrogens with zero attached hydrogens (tertiary/aromatic N) is 1. The van der Waals surface area contributed by atoms with Crippen LogP contribution in [0.25, 0.3) is 6.08 Å². The molecular weight excluding hydrogens is 471 g/mol. The van der Waals surface area contributed by atoms with Gasteiger partial charge < -0.3 is 10.6 Å². The van der Waals surface area contributed by atoms with E-state index in [0.717, 1.165) is 30.5 Å². The molecule has 7 nitrogen and oxygen atoms in total. The summed E-state index contributed by atoms with van der Waals surface area (Å²) in [7, 11) is -3.87. The van der Waals surface area contributed by atoms with Gasteiger partial charge in [-0.25, -0.2) is 22.2 Å². The predicted molar refractivity (Wildman–Crippen MR) is 114 cm³/mol. The maximum absolute atomic E-state index is 14.0. The van der Waals surface area contributed by atoms with E-state index in [9.17, 15) is 35.2 Å². The first-order valence-corrected chi connectivity index (χ1v) is 11.4. The molecule has 2 rings (SSSR count). The molecule has 180 valence electrons. The zero-order valence-corrected chi connectivity index (χ0v) is 18.4. The van der Waals surface area contributed by atoms with Gasteiger partial charge in [-0.1, -0.05) is 0 Å². The molecule has 1 heterocycles. The molecule has 2 aromatic rings. The number of carbonyl (C=O) groups is 1. The van der Waals surface area contributed by atoms with Gasteiger partial charge in [0.25, 0.3) is 0 Å². The van der Waals surface area contributed by atoms with Crippen LogP contribution in [0.3, 0.4) is 0 Å². The monoisotopic (exact) mass is 492 g/mol. The average molecular weight is 492 g/mol. The van der Waals surface area contributed by atoms with Gasteiger partial charge in [-0.05, 0) is 49.2 Å². The molecule has 3 N–H and O–H groups in total. The van der Waals surface area contributed by atoms with E-state index in [2.05, 4.69) is 15.6 Å². The highest BCUT2D eigenvalue weighted by atomic mass is 32.2. The summed E-state index contributed by atoms with van der Waals surface area (Å²) in [6.45, 7) is 1.98. The fraction of sp³-hybridized carbons (Fsp3) is 0.300. The number of nitrogens with one attached hydrogen (secondary N) is 3. The van der Waals surface area contributed by atoms with Crippen LogP contribution in [0.2, 0.25) is 0 Å². The molecule has 0 spiro atoms. The zero-order valence-electron chi connectivity index (χ0n) is 17.6. The SMILES string of the molecule is CCNc1nc(C(F)(F)F)ccc1C=CC(=O)NCCc1cc(F)c(NS(C)(=O)=O)c(F)c1. The van der Waals surface area contributed by atoms with Gasteiger partial charge in [0.2, 0.25) is 15.9 Å². The number of hydrogen-bond donors (Lipinski definition) is 3. The van der Waals surface area contributed by atoms with Crippen LogP contribution in [0.4, 0.5) is 33.5 Å². The number of halogens is 5. The summed E-state index contributed by atoms with van der Waals surface area (Å²) in [6, 6.07) is 3.85. The molecule has 0 aliphatic heterocycles. The van der Waals surface area contributed by atoms with Gasteiger partial charge in [0.1, 0.15) is 17.2 Å². The minimum atomic E-state index is -4.61. The predicted octanol–water partition coefficient (Wildman–Crippen LogP) is 3.55. The van der Waals surface area contributed by atoms with Gasteiger partial charge >= 0.3 is 6.18 Å². The lowest BCUT2D eigenvalue weighted by Gasteiger charge is -2.11. The molecule has 13 heteroatoms. The van der Waals surface area contributed by atoms with Crippen LogP contribution < -0.4 is 15.4 Å². The summed E-state index contributed by atoms with van der Waals surface area (Å²) in [6.07, 6.45) is -1.44. The third-order valence-electron chi connectivity index (χ3n) is 4.08. The van der Waals surface area contributed by atoms with Gasteiger partial charge in [-0.3, -0.25) is 9.52 Å². The number of benzene rings is 1. The number of aromatic nitrogens is 1. The van der Waals surface area contributed by atoms with Crippen molar-refractivity contribution < 1.29 is 35.2 Å². The summed E-state index contributed by atoms with van der Waals surface area (Å²) >= 11 is 0. The van der Waals surface area contributed by atoms with E-state index in [1.54, 1.807) is 11.6 Å². The Bertz CT molecular complexity index is 1130. The van der Waals surface area contributed by atoms with E-state index in [-0.39, 0.29) is 29.9 Å². The van der Waals surface area contributed by atoms with Crippen molar-refractivity contribution in [1.82, 2.24) is 10.3 Å². The first kappa shape index (κ1) is 26.0. The largest absolute Gasteiger partial charge is 0.433 e. The number of carbonyl (C=O) groups excluding carboxylic acids is 1. The molecule has 1 aromatic heterocycles. The first-order valence-electron chi connectivity index (χ1n) is 9.54. The first-order chi connectivity index (χ1) is 15.3. The van der Waals surface area contributed by atoms with Gasteiger partial charge in [-0.15, -0.1) is 0 Å². The number of alkyl halides is 3. The average Bonchev–Trinajstić information content (AvgIpc) is 2.68. The van der Waals surface area contributed by atoms with Crippen molar-refractivity contribution in [3.63, 3.8) is 0 Å². The molecule has 0 bridgehead atoms. The zero-order chi connectivity index (χ0) is 24.8. The van der Waals surface area contributed by atoms with Crippen molar-refractivity contribution in [3.05, 3.63) is 58.8 Å². The van der Waals surface area contributed by atoms with Gasteiger partial charge in [0.15, 0.2) is 11.6 Å². The Hall–Kier alpha value is -3.22. The van der Waals surface area contributed by atoms with E-state index < -0.39 is 45.1 Å². The van der Waals surface area contributed by atoms with Crippen LogP contribution in [0.1, 0.15) is 23.7 Å². The van der Waals surface area contributed by atoms with Crippen molar-refractivity contribution in [2.45, 2.75) is 19.5 Å². The fourth-order valence-electron chi connectivity index (χ4n) is 2.68. The lowest BCUT2D eigenvalue weighted by molar-refractivity contribution is -0.141. The second-order valence-electron chi connectivity index (χ2n) is 6.85. The molecule has 0 aliphatic rings. The quantitative estimate of drug-likeness (QED) is 0.367. The van der Waals surface area contributed by atoms with Crippen LogP contribution >= 0.6 is 0 Å². The topological polar surface area (TPSA) is 100 Å².